The van der Waals surface area contributed by atoms with E-state index in [-0.39, 0.29) is 6.10 Å². The maximum atomic E-state index is 8.34. The van der Waals surface area contributed by atoms with Gasteiger partial charge in [0.05, 0.1) is 19.1 Å². The van der Waals surface area contributed by atoms with Crippen LogP contribution in [-0.2, 0) is 4.74 Å². The fourth-order valence-electron chi connectivity index (χ4n) is 1.09. The van der Waals surface area contributed by atoms with Gasteiger partial charge in [-0.2, -0.15) is 5.26 Å². The van der Waals surface area contributed by atoms with Gasteiger partial charge in [0.2, 0.25) is 0 Å². The van der Waals surface area contributed by atoms with Crippen LogP contribution in [0.2, 0.25) is 0 Å². The molecular weight excluding hydrogens is 174 g/mol. The van der Waals surface area contributed by atoms with Gasteiger partial charge >= 0.3 is 0 Å². The van der Waals surface area contributed by atoms with Crippen molar-refractivity contribution in [1.82, 2.24) is 0 Å². The van der Waals surface area contributed by atoms with Crippen molar-refractivity contribution in [2.24, 2.45) is 0 Å². The Morgan fingerprint density at radius 2 is 2.07 bits per heavy atom. The Hall–Kier alpha value is -1.77. The molecule has 0 aliphatic heterocycles. The van der Waals surface area contributed by atoms with Gasteiger partial charge in [-0.05, 0) is 5.56 Å². The van der Waals surface area contributed by atoms with Gasteiger partial charge in [0.15, 0.2) is 0 Å². The largest absolute Gasteiger partial charge is 0.360 e. The Morgan fingerprint density at radius 3 is 2.64 bits per heavy atom. The number of ether oxygens (including phenoxy) is 1. The summed E-state index contributed by atoms with van der Waals surface area (Å²) in [5.41, 5.74) is 0.952. The van der Waals surface area contributed by atoms with Crippen LogP contribution in [0.5, 0.6) is 0 Å². The number of nitriles is 1. The molecule has 14 heavy (non-hydrogen) atoms. The van der Waals surface area contributed by atoms with Crippen LogP contribution in [-0.4, -0.2) is 6.61 Å². The molecule has 0 aliphatic carbocycles. The predicted octanol–water partition coefficient (Wildman–Crippen LogP) is 2.29. The second-order valence-electron chi connectivity index (χ2n) is 2.74. The molecular formula is C12H11NO. The summed E-state index contributed by atoms with van der Waals surface area (Å²) in [7, 11) is 0. The molecule has 0 radical (unpaired) electrons. The van der Waals surface area contributed by atoms with E-state index in [2.05, 4.69) is 5.92 Å². The van der Waals surface area contributed by atoms with E-state index in [0.29, 0.717) is 13.0 Å². The lowest BCUT2D eigenvalue weighted by Gasteiger charge is -2.10. The molecule has 0 N–H and O–H groups in total. The molecule has 0 aliphatic rings. The highest BCUT2D eigenvalue weighted by atomic mass is 16.5. The van der Waals surface area contributed by atoms with Gasteiger partial charge < -0.3 is 4.74 Å². The van der Waals surface area contributed by atoms with Crippen molar-refractivity contribution in [2.75, 3.05) is 6.61 Å². The molecule has 0 unspecified atom stereocenters. The minimum Gasteiger partial charge on any atom is -0.360 e. The number of terminal acetylenes is 1. The third-order valence-electron chi connectivity index (χ3n) is 1.75. The number of rotatable bonds is 4. The standard InChI is InChI=1S/C12H11NO/c1-2-12(14-10-6-9-13)11-7-4-3-5-8-11/h1,3-5,7-8,12H,6,10H2/t12-/m1/s1. The Morgan fingerprint density at radius 1 is 1.36 bits per heavy atom. The third-order valence-corrected chi connectivity index (χ3v) is 1.75. The van der Waals surface area contributed by atoms with E-state index < -0.39 is 0 Å². The predicted molar refractivity (Wildman–Crippen MR) is 54.2 cm³/mol. The molecule has 0 saturated carbocycles. The topological polar surface area (TPSA) is 33.0 Å². The maximum Gasteiger partial charge on any atom is 0.143 e. The molecule has 0 bridgehead atoms. The van der Waals surface area contributed by atoms with Gasteiger partial charge in [0.1, 0.15) is 6.10 Å². The normalized spacial score (nSPS) is 11.3. The fourth-order valence-corrected chi connectivity index (χ4v) is 1.09. The number of hydrogen-bond acceptors (Lipinski definition) is 2. The summed E-state index contributed by atoms with van der Waals surface area (Å²) in [6.45, 7) is 0.375. The Bertz CT molecular complexity index is 345. The molecule has 0 amide bonds. The molecule has 0 saturated heterocycles. The molecule has 1 atom stereocenters. The average molecular weight is 185 g/mol. The molecule has 70 valence electrons. The second-order valence-corrected chi connectivity index (χ2v) is 2.74. The Balaban J connectivity index is 2.57. The van der Waals surface area contributed by atoms with Gasteiger partial charge in [0.25, 0.3) is 0 Å². The van der Waals surface area contributed by atoms with Crippen molar-refractivity contribution in [1.29, 1.82) is 5.26 Å². The van der Waals surface area contributed by atoms with Crippen molar-refractivity contribution in [3.8, 4) is 18.4 Å². The van der Waals surface area contributed by atoms with Gasteiger partial charge in [-0.25, -0.2) is 0 Å². The summed E-state index contributed by atoms with van der Waals surface area (Å²) in [6.07, 6.45) is 5.35. The van der Waals surface area contributed by atoms with Crippen LogP contribution in [0.25, 0.3) is 0 Å². The molecule has 0 fully saturated rings. The summed E-state index contributed by atoms with van der Waals surface area (Å²) >= 11 is 0. The lowest BCUT2D eigenvalue weighted by molar-refractivity contribution is 0.0965. The molecule has 2 nitrogen and oxygen atoms in total. The van der Waals surface area contributed by atoms with Gasteiger partial charge in [-0.15, -0.1) is 6.42 Å². The summed E-state index contributed by atoms with van der Waals surface area (Å²) < 4.78 is 5.36. The van der Waals surface area contributed by atoms with Crippen LogP contribution in [0.1, 0.15) is 18.1 Å². The van der Waals surface area contributed by atoms with E-state index in [1.807, 2.05) is 36.4 Å². The minimum atomic E-state index is -0.343. The Labute approximate surface area is 84.1 Å². The summed E-state index contributed by atoms with van der Waals surface area (Å²) in [6, 6.07) is 11.6. The zero-order chi connectivity index (χ0) is 10.2. The number of hydrogen-bond donors (Lipinski definition) is 0. The van der Waals surface area contributed by atoms with E-state index >= 15 is 0 Å². The molecule has 0 heterocycles. The van der Waals surface area contributed by atoms with E-state index in [4.69, 9.17) is 16.4 Å². The van der Waals surface area contributed by atoms with Gasteiger partial charge in [-0.3, -0.25) is 0 Å². The SMILES string of the molecule is C#C[C@@H](OCCC#N)c1ccccc1. The van der Waals surface area contributed by atoms with Crippen LogP contribution in [0, 0.1) is 23.7 Å². The third kappa shape index (κ3) is 2.94. The number of benzene rings is 1. The fraction of sp³-hybridized carbons (Fsp3) is 0.250. The highest BCUT2D eigenvalue weighted by Crippen LogP contribution is 2.15. The van der Waals surface area contributed by atoms with E-state index in [9.17, 15) is 0 Å². The zero-order valence-electron chi connectivity index (χ0n) is 7.81. The van der Waals surface area contributed by atoms with E-state index in [0.717, 1.165) is 5.56 Å². The lowest BCUT2D eigenvalue weighted by atomic mass is 10.1. The van der Waals surface area contributed by atoms with Gasteiger partial charge in [-0.1, -0.05) is 36.3 Å². The van der Waals surface area contributed by atoms with Crippen LogP contribution < -0.4 is 0 Å². The highest BCUT2D eigenvalue weighted by Gasteiger charge is 2.06. The zero-order valence-corrected chi connectivity index (χ0v) is 7.81. The van der Waals surface area contributed by atoms with Crippen LogP contribution in [0.4, 0.5) is 0 Å². The first kappa shape index (κ1) is 10.3. The molecule has 0 aromatic heterocycles. The van der Waals surface area contributed by atoms with Crippen molar-refractivity contribution in [3.63, 3.8) is 0 Å². The monoisotopic (exact) mass is 185 g/mol. The van der Waals surface area contributed by atoms with Crippen molar-refractivity contribution in [2.45, 2.75) is 12.5 Å². The summed E-state index contributed by atoms with van der Waals surface area (Å²) in [5.74, 6) is 2.55. The van der Waals surface area contributed by atoms with Gasteiger partial charge in [0, 0.05) is 0 Å². The molecule has 0 spiro atoms. The first-order chi connectivity index (χ1) is 6.88. The molecule has 1 aromatic carbocycles. The van der Waals surface area contributed by atoms with Crippen molar-refractivity contribution in [3.05, 3.63) is 35.9 Å². The highest BCUT2D eigenvalue weighted by molar-refractivity contribution is 5.23. The molecule has 2 heteroatoms. The van der Waals surface area contributed by atoms with Crippen LogP contribution >= 0.6 is 0 Å². The van der Waals surface area contributed by atoms with E-state index in [1.165, 1.54) is 0 Å². The maximum absolute atomic E-state index is 8.34. The quantitative estimate of drug-likeness (QED) is 0.532. The average Bonchev–Trinajstić information content (AvgIpc) is 2.26. The molecule has 1 rings (SSSR count). The first-order valence-electron chi connectivity index (χ1n) is 4.38. The summed E-state index contributed by atoms with van der Waals surface area (Å²) in [5, 5.41) is 8.34. The number of nitrogens with zero attached hydrogens (tertiary/aromatic N) is 1. The smallest absolute Gasteiger partial charge is 0.143 e. The van der Waals surface area contributed by atoms with Crippen molar-refractivity contribution < 1.29 is 4.74 Å². The lowest BCUT2D eigenvalue weighted by Crippen LogP contribution is -2.02. The summed E-state index contributed by atoms with van der Waals surface area (Å²) in [4.78, 5) is 0. The molecule has 1 aromatic rings. The van der Waals surface area contributed by atoms with Crippen molar-refractivity contribution >= 4 is 0 Å². The van der Waals surface area contributed by atoms with Crippen LogP contribution in [0.3, 0.4) is 0 Å². The van der Waals surface area contributed by atoms with Crippen LogP contribution in [0.15, 0.2) is 30.3 Å². The van der Waals surface area contributed by atoms with E-state index in [1.54, 1.807) is 0 Å². The Kier molecular flexibility index (Phi) is 4.27. The minimum absolute atomic E-state index is 0.343. The second kappa shape index (κ2) is 5.80. The first-order valence-corrected chi connectivity index (χ1v) is 4.38.